The molecule has 0 unspecified atom stereocenters. The molecule has 0 spiro atoms. The summed E-state index contributed by atoms with van der Waals surface area (Å²) in [6.07, 6.45) is 19.9. The molecule has 0 radical (unpaired) electrons. The van der Waals surface area contributed by atoms with Crippen LogP contribution in [0.2, 0.25) is 0 Å². The molecule has 0 aromatic carbocycles. The molecule has 1 heterocycles. The fourth-order valence-electron chi connectivity index (χ4n) is 2.42. The number of hydrogen-bond donors (Lipinski definition) is 2. The standard InChI is InChI=1S/C20H32O4/c1-2-3-4-5-6-10-13-18-19(24-18)16-15-17(21)12-9-7-8-11-14-20(22)23/h6-7,9-10,15-19,21H,2-5,8,11-14H2,1H3,(H,22,23)/b9-7+,10-6+,16-15+/t17-,18+,19+/m1/s1. The highest BCUT2D eigenvalue weighted by Gasteiger charge is 2.34. The van der Waals surface area contributed by atoms with Crippen LogP contribution in [0, 0.1) is 0 Å². The number of epoxide rings is 1. The predicted octanol–water partition coefficient (Wildman–Crippen LogP) is 4.40. The summed E-state index contributed by atoms with van der Waals surface area (Å²) in [6.45, 7) is 2.21. The first kappa shape index (κ1) is 20.7. The van der Waals surface area contributed by atoms with Gasteiger partial charge < -0.3 is 14.9 Å². The normalized spacial score (nSPS) is 21.9. The van der Waals surface area contributed by atoms with Gasteiger partial charge in [-0.3, -0.25) is 4.79 Å². The van der Waals surface area contributed by atoms with E-state index in [4.69, 9.17) is 9.84 Å². The number of aliphatic hydroxyl groups is 1. The maximum absolute atomic E-state index is 10.4. The Bertz CT molecular complexity index is 425. The van der Waals surface area contributed by atoms with Crippen molar-refractivity contribution in [3.63, 3.8) is 0 Å². The minimum absolute atomic E-state index is 0.138. The van der Waals surface area contributed by atoms with Crippen LogP contribution in [0.4, 0.5) is 0 Å². The number of rotatable bonds is 14. The molecule has 3 atom stereocenters. The number of unbranched alkanes of at least 4 members (excludes halogenated alkanes) is 4. The average molecular weight is 336 g/mol. The van der Waals surface area contributed by atoms with Crippen molar-refractivity contribution < 1.29 is 19.7 Å². The first-order chi connectivity index (χ1) is 11.6. The molecular weight excluding hydrogens is 304 g/mol. The number of carbonyl (C=O) groups is 1. The fourth-order valence-corrected chi connectivity index (χ4v) is 2.42. The lowest BCUT2D eigenvalue weighted by molar-refractivity contribution is -0.137. The van der Waals surface area contributed by atoms with Gasteiger partial charge >= 0.3 is 5.97 Å². The highest BCUT2D eigenvalue weighted by atomic mass is 16.6. The zero-order valence-electron chi connectivity index (χ0n) is 14.8. The van der Waals surface area contributed by atoms with Crippen molar-refractivity contribution in [1.82, 2.24) is 0 Å². The molecule has 1 aliphatic rings. The number of aliphatic hydroxyl groups excluding tert-OH is 1. The molecule has 0 amide bonds. The summed E-state index contributed by atoms with van der Waals surface area (Å²) in [5.74, 6) is -0.763. The van der Waals surface area contributed by atoms with E-state index >= 15 is 0 Å². The van der Waals surface area contributed by atoms with Crippen molar-refractivity contribution >= 4 is 5.97 Å². The smallest absolute Gasteiger partial charge is 0.303 e. The van der Waals surface area contributed by atoms with Crippen molar-refractivity contribution in [3.05, 3.63) is 36.5 Å². The van der Waals surface area contributed by atoms with Crippen LogP contribution in [0.3, 0.4) is 0 Å². The summed E-state index contributed by atoms with van der Waals surface area (Å²) < 4.78 is 5.55. The summed E-state index contributed by atoms with van der Waals surface area (Å²) in [5, 5.41) is 18.4. The largest absolute Gasteiger partial charge is 0.481 e. The zero-order chi connectivity index (χ0) is 17.6. The molecule has 1 saturated heterocycles. The minimum atomic E-state index is -0.763. The fraction of sp³-hybridized carbons (Fsp3) is 0.650. The molecule has 24 heavy (non-hydrogen) atoms. The molecule has 0 aliphatic carbocycles. The van der Waals surface area contributed by atoms with Gasteiger partial charge in [-0.25, -0.2) is 0 Å². The minimum Gasteiger partial charge on any atom is -0.481 e. The Morgan fingerprint density at radius 2 is 1.88 bits per heavy atom. The maximum atomic E-state index is 10.4. The van der Waals surface area contributed by atoms with E-state index in [0.29, 0.717) is 12.8 Å². The van der Waals surface area contributed by atoms with Crippen molar-refractivity contribution in [2.75, 3.05) is 0 Å². The van der Waals surface area contributed by atoms with Crippen LogP contribution in [0.25, 0.3) is 0 Å². The molecule has 0 aromatic rings. The van der Waals surface area contributed by atoms with Crippen molar-refractivity contribution in [2.45, 2.75) is 83.0 Å². The molecule has 0 saturated carbocycles. The lowest BCUT2D eigenvalue weighted by Gasteiger charge is -1.99. The first-order valence-electron chi connectivity index (χ1n) is 9.17. The van der Waals surface area contributed by atoms with Crippen molar-refractivity contribution in [1.29, 1.82) is 0 Å². The molecule has 2 N–H and O–H groups in total. The van der Waals surface area contributed by atoms with Crippen LogP contribution in [0.15, 0.2) is 36.5 Å². The molecule has 1 fully saturated rings. The van der Waals surface area contributed by atoms with E-state index in [0.717, 1.165) is 19.3 Å². The Morgan fingerprint density at radius 3 is 2.62 bits per heavy atom. The summed E-state index contributed by atoms with van der Waals surface area (Å²) in [7, 11) is 0. The van der Waals surface area contributed by atoms with Gasteiger partial charge in [-0.05, 0) is 38.5 Å². The zero-order valence-corrected chi connectivity index (χ0v) is 14.8. The van der Waals surface area contributed by atoms with Crippen LogP contribution in [-0.4, -0.2) is 34.5 Å². The van der Waals surface area contributed by atoms with E-state index < -0.39 is 12.1 Å². The second kappa shape index (κ2) is 13.0. The molecule has 1 rings (SSSR count). The Hall–Kier alpha value is -1.39. The molecule has 4 heteroatoms. The second-order valence-electron chi connectivity index (χ2n) is 6.29. The molecule has 0 bridgehead atoms. The van der Waals surface area contributed by atoms with Gasteiger partial charge in [0, 0.05) is 6.42 Å². The third-order valence-corrected chi connectivity index (χ3v) is 3.96. The number of hydrogen-bond acceptors (Lipinski definition) is 3. The highest BCUT2D eigenvalue weighted by molar-refractivity contribution is 5.66. The van der Waals surface area contributed by atoms with Gasteiger partial charge in [-0.2, -0.15) is 0 Å². The summed E-state index contributed by atoms with van der Waals surface area (Å²) in [5.41, 5.74) is 0. The lowest BCUT2D eigenvalue weighted by Crippen LogP contribution is -2.00. The maximum Gasteiger partial charge on any atom is 0.303 e. The number of allylic oxidation sites excluding steroid dienone is 2. The predicted molar refractivity (Wildman–Crippen MR) is 97.0 cm³/mol. The van der Waals surface area contributed by atoms with Gasteiger partial charge in [-0.15, -0.1) is 0 Å². The third kappa shape index (κ3) is 11.2. The van der Waals surface area contributed by atoms with E-state index in [-0.39, 0.29) is 18.6 Å². The third-order valence-electron chi connectivity index (χ3n) is 3.96. The number of ether oxygens (including phenoxy) is 1. The molecular formula is C20H32O4. The van der Waals surface area contributed by atoms with Gasteiger partial charge in [0.05, 0.1) is 12.2 Å². The Kier molecular flexibility index (Phi) is 11.2. The van der Waals surface area contributed by atoms with Crippen molar-refractivity contribution in [2.24, 2.45) is 0 Å². The number of aliphatic carboxylic acids is 1. The van der Waals surface area contributed by atoms with E-state index in [2.05, 4.69) is 19.1 Å². The van der Waals surface area contributed by atoms with Gasteiger partial charge in [0.1, 0.15) is 6.10 Å². The van der Waals surface area contributed by atoms with E-state index in [1.54, 1.807) is 6.08 Å². The average Bonchev–Trinajstić information content (AvgIpc) is 3.30. The molecule has 136 valence electrons. The van der Waals surface area contributed by atoms with Crippen LogP contribution in [0.1, 0.15) is 64.7 Å². The SMILES string of the molecule is CCCCC/C=C/C[C@@H]1O[C@H]1/C=C/[C@H](O)C/C=C/CCCC(=O)O. The first-order valence-corrected chi connectivity index (χ1v) is 9.17. The second-order valence-corrected chi connectivity index (χ2v) is 6.29. The van der Waals surface area contributed by atoms with Crippen LogP contribution in [0.5, 0.6) is 0 Å². The van der Waals surface area contributed by atoms with Crippen molar-refractivity contribution in [3.8, 4) is 0 Å². The monoisotopic (exact) mass is 336 g/mol. The highest BCUT2D eigenvalue weighted by Crippen LogP contribution is 2.27. The number of carboxylic acid groups (broad SMARTS) is 1. The van der Waals surface area contributed by atoms with Gasteiger partial charge in [0.25, 0.3) is 0 Å². The molecule has 1 aliphatic heterocycles. The summed E-state index contributed by atoms with van der Waals surface area (Å²) in [6, 6.07) is 0. The summed E-state index contributed by atoms with van der Waals surface area (Å²) in [4.78, 5) is 10.4. The summed E-state index contributed by atoms with van der Waals surface area (Å²) >= 11 is 0. The molecule has 4 nitrogen and oxygen atoms in total. The van der Waals surface area contributed by atoms with E-state index in [1.165, 1.54) is 19.3 Å². The van der Waals surface area contributed by atoms with Gasteiger partial charge in [-0.1, -0.05) is 56.2 Å². The lowest BCUT2D eigenvalue weighted by atomic mass is 10.1. The van der Waals surface area contributed by atoms with Gasteiger partial charge in [0.15, 0.2) is 0 Å². The number of carboxylic acids is 1. The quantitative estimate of drug-likeness (QED) is 0.280. The Morgan fingerprint density at radius 1 is 1.12 bits per heavy atom. The van der Waals surface area contributed by atoms with E-state index in [1.807, 2.05) is 18.2 Å². The molecule has 0 aromatic heterocycles. The van der Waals surface area contributed by atoms with Crippen LogP contribution < -0.4 is 0 Å². The Labute approximate surface area is 145 Å². The van der Waals surface area contributed by atoms with Crippen LogP contribution >= 0.6 is 0 Å². The van der Waals surface area contributed by atoms with E-state index in [9.17, 15) is 9.90 Å². The van der Waals surface area contributed by atoms with Crippen LogP contribution in [-0.2, 0) is 9.53 Å². The Balaban J connectivity index is 2.04. The topological polar surface area (TPSA) is 70.1 Å². The van der Waals surface area contributed by atoms with Gasteiger partial charge in [0.2, 0.25) is 0 Å².